The predicted octanol–water partition coefficient (Wildman–Crippen LogP) is 2.98. The Morgan fingerprint density at radius 1 is 1.31 bits per heavy atom. The molecule has 0 saturated carbocycles. The van der Waals surface area contributed by atoms with Crippen LogP contribution in [0.25, 0.3) is 0 Å². The van der Waals surface area contributed by atoms with E-state index >= 15 is 0 Å². The topological polar surface area (TPSA) is 29.9 Å². The van der Waals surface area contributed by atoms with Crippen LogP contribution in [0.1, 0.15) is 33.7 Å². The molecule has 0 aromatic carbocycles. The van der Waals surface area contributed by atoms with Crippen LogP contribution >= 0.6 is 11.6 Å². The molecule has 0 spiro atoms. The number of rotatable bonds is 6. The number of hydrogen-bond donors (Lipinski definition) is 1. The minimum absolute atomic E-state index is 0.367. The molecule has 0 fully saturated rings. The summed E-state index contributed by atoms with van der Waals surface area (Å²) in [4.78, 5) is 0. The van der Waals surface area contributed by atoms with Crippen LogP contribution in [0.3, 0.4) is 0 Å². The van der Waals surface area contributed by atoms with E-state index in [0.717, 1.165) is 13.1 Å². The van der Waals surface area contributed by atoms with Gasteiger partial charge in [-0.05, 0) is 18.4 Å². The van der Waals surface area contributed by atoms with Crippen molar-refractivity contribution in [3.05, 3.63) is 17.4 Å². The van der Waals surface area contributed by atoms with Gasteiger partial charge in [0.15, 0.2) is 0 Å². The summed E-state index contributed by atoms with van der Waals surface area (Å²) in [6, 6.07) is 0.367. The Balaban J connectivity index is 2.55. The van der Waals surface area contributed by atoms with Gasteiger partial charge in [0.2, 0.25) is 0 Å². The van der Waals surface area contributed by atoms with Crippen LogP contribution in [-0.2, 0) is 0 Å². The van der Waals surface area contributed by atoms with E-state index in [9.17, 15) is 0 Å². The molecule has 1 aromatic heterocycles. The highest BCUT2D eigenvalue weighted by molar-refractivity contribution is 6.30. The SMILES string of the molecule is CC(C)CNCC(C(C)C)n1cc(Cl)cn1. The summed E-state index contributed by atoms with van der Waals surface area (Å²) in [6.45, 7) is 10.8. The lowest BCUT2D eigenvalue weighted by Crippen LogP contribution is -2.31. The van der Waals surface area contributed by atoms with Crippen molar-refractivity contribution < 1.29 is 0 Å². The predicted molar refractivity (Wildman–Crippen MR) is 68.8 cm³/mol. The van der Waals surface area contributed by atoms with Crippen molar-refractivity contribution in [3.8, 4) is 0 Å². The number of nitrogens with one attached hydrogen (secondary N) is 1. The van der Waals surface area contributed by atoms with Gasteiger partial charge in [-0.2, -0.15) is 5.10 Å². The highest BCUT2D eigenvalue weighted by atomic mass is 35.5. The highest BCUT2D eigenvalue weighted by Crippen LogP contribution is 2.18. The van der Waals surface area contributed by atoms with Crippen molar-refractivity contribution in [2.45, 2.75) is 33.7 Å². The third-order valence-electron chi connectivity index (χ3n) is 2.59. The van der Waals surface area contributed by atoms with Gasteiger partial charge >= 0.3 is 0 Å². The molecule has 92 valence electrons. The number of nitrogens with zero attached hydrogens (tertiary/aromatic N) is 2. The summed E-state index contributed by atoms with van der Waals surface area (Å²) in [7, 11) is 0. The van der Waals surface area contributed by atoms with Crippen molar-refractivity contribution in [3.63, 3.8) is 0 Å². The average molecular weight is 244 g/mol. The molecule has 4 heteroatoms. The molecule has 1 unspecified atom stereocenters. The molecular weight excluding hydrogens is 222 g/mol. The molecule has 1 rings (SSSR count). The zero-order valence-corrected chi connectivity index (χ0v) is 11.3. The van der Waals surface area contributed by atoms with Crippen LogP contribution < -0.4 is 5.32 Å². The van der Waals surface area contributed by atoms with Crippen LogP contribution in [0.5, 0.6) is 0 Å². The van der Waals surface area contributed by atoms with E-state index in [4.69, 9.17) is 11.6 Å². The first-order valence-corrected chi connectivity index (χ1v) is 6.29. The van der Waals surface area contributed by atoms with Crippen LogP contribution in [0, 0.1) is 11.8 Å². The molecular formula is C12H22ClN3. The van der Waals surface area contributed by atoms with E-state index in [-0.39, 0.29) is 0 Å². The summed E-state index contributed by atoms with van der Waals surface area (Å²) in [6.07, 6.45) is 3.59. The maximum atomic E-state index is 5.89. The monoisotopic (exact) mass is 243 g/mol. The zero-order valence-electron chi connectivity index (χ0n) is 10.6. The molecule has 1 aromatic rings. The lowest BCUT2D eigenvalue weighted by molar-refractivity contribution is 0.325. The van der Waals surface area contributed by atoms with Gasteiger partial charge in [-0.15, -0.1) is 0 Å². The average Bonchev–Trinajstić information content (AvgIpc) is 2.58. The molecule has 1 N–H and O–H groups in total. The molecule has 0 aliphatic carbocycles. The van der Waals surface area contributed by atoms with E-state index in [1.54, 1.807) is 6.20 Å². The van der Waals surface area contributed by atoms with Gasteiger partial charge in [0, 0.05) is 12.7 Å². The number of halogens is 1. The molecule has 0 aliphatic heterocycles. The first kappa shape index (κ1) is 13.5. The van der Waals surface area contributed by atoms with Gasteiger partial charge in [0.05, 0.1) is 17.3 Å². The van der Waals surface area contributed by atoms with E-state index in [1.165, 1.54) is 0 Å². The molecule has 0 radical (unpaired) electrons. The second kappa shape index (κ2) is 6.26. The van der Waals surface area contributed by atoms with Gasteiger partial charge in [0.1, 0.15) is 0 Å². The van der Waals surface area contributed by atoms with E-state index in [2.05, 4.69) is 38.1 Å². The smallest absolute Gasteiger partial charge is 0.0785 e. The maximum absolute atomic E-state index is 5.89. The van der Waals surface area contributed by atoms with Gasteiger partial charge in [-0.25, -0.2) is 0 Å². The minimum Gasteiger partial charge on any atom is -0.314 e. The highest BCUT2D eigenvalue weighted by Gasteiger charge is 2.16. The third kappa shape index (κ3) is 4.14. The quantitative estimate of drug-likeness (QED) is 0.833. The Morgan fingerprint density at radius 3 is 2.44 bits per heavy atom. The summed E-state index contributed by atoms with van der Waals surface area (Å²) in [5.74, 6) is 1.21. The first-order chi connectivity index (χ1) is 7.50. The van der Waals surface area contributed by atoms with Crippen molar-refractivity contribution >= 4 is 11.6 Å². The van der Waals surface area contributed by atoms with Gasteiger partial charge in [0.25, 0.3) is 0 Å². The molecule has 1 atom stereocenters. The molecule has 1 heterocycles. The van der Waals surface area contributed by atoms with Crippen molar-refractivity contribution in [1.29, 1.82) is 0 Å². The van der Waals surface area contributed by atoms with E-state index in [0.29, 0.717) is 22.9 Å². The third-order valence-corrected chi connectivity index (χ3v) is 2.78. The fraction of sp³-hybridized carbons (Fsp3) is 0.750. The second-order valence-corrected chi connectivity index (χ2v) is 5.44. The Hall–Kier alpha value is -0.540. The first-order valence-electron chi connectivity index (χ1n) is 5.91. The summed E-state index contributed by atoms with van der Waals surface area (Å²) < 4.78 is 1.96. The number of hydrogen-bond acceptors (Lipinski definition) is 2. The van der Waals surface area contributed by atoms with Gasteiger partial charge < -0.3 is 5.32 Å². The molecule has 0 saturated heterocycles. The van der Waals surface area contributed by atoms with Crippen molar-refractivity contribution in [2.75, 3.05) is 13.1 Å². The molecule has 0 aliphatic rings. The lowest BCUT2D eigenvalue weighted by Gasteiger charge is -2.22. The van der Waals surface area contributed by atoms with Crippen LogP contribution in [0.2, 0.25) is 5.02 Å². The lowest BCUT2D eigenvalue weighted by atomic mass is 10.0. The van der Waals surface area contributed by atoms with E-state index in [1.807, 2.05) is 10.9 Å². The van der Waals surface area contributed by atoms with Crippen LogP contribution in [-0.4, -0.2) is 22.9 Å². The van der Waals surface area contributed by atoms with Gasteiger partial charge in [-0.3, -0.25) is 4.68 Å². The summed E-state index contributed by atoms with van der Waals surface area (Å²) in [5.41, 5.74) is 0. The van der Waals surface area contributed by atoms with Crippen molar-refractivity contribution in [1.82, 2.24) is 15.1 Å². The Labute approximate surface area is 103 Å². The zero-order chi connectivity index (χ0) is 12.1. The normalized spacial score (nSPS) is 13.7. The molecule has 0 bridgehead atoms. The Morgan fingerprint density at radius 2 is 2.00 bits per heavy atom. The maximum Gasteiger partial charge on any atom is 0.0785 e. The Kier molecular flexibility index (Phi) is 5.29. The molecule has 0 amide bonds. The standard InChI is InChI=1S/C12H22ClN3/c1-9(2)5-14-7-12(10(3)4)16-8-11(13)6-15-16/h6,8-10,12,14H,5,7H2,1-4H3. The number of aromatic nitrogens is 2. The van der Waals surface area contributed by atoms with Crippen LogP contribution in [0.4, 0.5) is 0 Å². The summed E-state index contributed by atoms with van der Waals surface area (Å²) >= 11 is 5.89. The molecule has 3 nitrogen and oxygen atoms in total. The fourth-order valence-electron chi connectivity index (χ4n) is 1.65. The fourth-order valence-corrected chi connectivity index (χ4v) is 1.79. The van der Waals surface area contributed by atoms with E-state index < -0.39 is 0 Å². The van der Waals surface area contributed by atoms with Crippen LogP contribution in [0.15, 0.2) is 12.4 Å². The second-order valence-electron chi connectivity index (χ2n) is 5.00. The summed E-state index contributed by atoms with van der Waals surface area (Å²) in [5, 5.41) is 8.45. The Bertz CT molecular complexity index is 307. The molecule has 16 heavy (non-hydrogen) atoms. The minimum atomic E-state index is 0.367. The van der Waals surface area contributed by atoms with Crippen molar-refractivity contribution in [2.24, 2.45) is 11.8 Å². The largest absolute Gasteiger partial charge is 0.314 e. The van der Waals surface area contributed by atoms with Gasteiger partial charge in [-0.1, -0.05) is 39.3 Å².